The van der Waals surface area contributed by atoms with Crippen LogP contribution in [0, 0.1) is 0 Å². The van der Waals surface area contributed by atoms with Gasteiger partial charge in [0, 0.05) is 0 Å². The predicted molar refractivity (Wildman–Crippen MR) is 104 cm³/mol. The predicted octanol–water partition coefficient (Wildman–Crippen LogP) is 6.41. The zero-order chi connectivity index (χ0) is 16.6. The van der Waals surface area contributed by atoms with E-state index in [1.165, 1.54) is 55.7 Å². The van der Waals surface area contributed by atoms with Crippen molar-refractivity contribution in [2.24, 2.45) is 0 Å². The summed E-state index contributed by atoms with van der Waals surface area (Å²) in [6, 6.07) is 26.4. The van der Waals surface area contributed by atoms with Crippen LogP contribution in [0.25, 0.3) is 43.1 Å². The molecule has 0 fully saturated rings. The quantitative estimate of drug-likeness (QED) is 0.238. The van der Waals surface area contributed by atoms with E-state index in [9.17, 15) is 0 Å². The molecule has 0 atom stereocenters. The number of hydrogen-bond donors (Lipinski definition) is 0. The first-order valence-corrected chi connectivity index (χ1v) is 8.30. The minimum Gasteiger partial charge on any atom is -0.452 e. The number of aromatic nitrogens is 1. The average molecular weight is 321 g/mol. The molecule has 0 spiro atoms. The van der Waals surface area contributed by atoms with Crippen LogP contribution in [0.1, 0.15) is 0 Å². The number of fused-ring (bicyclic) bond motifs is 3. The zero-order valence-corrected chi connectivity index (χ0v) is 13.5. The number of rotatable bonds is 0. The SMILES string of the molecule is c1ccc2c(c1)c1cccc3ccc4cccc2c4c31.c1cocn1. The molecule has 1 aromatic heterocycles. The first-order valence-electron chi connectivity index (χ1n) is 8.30. The van der Waals surface area contributed by atoms with Gasteiger partial charge in [-0.2, -0.15) is 0 Å². The van der Waals surface area contributed by atoms with Crippen LogP contribution in [-0.2, 0) is 0 Å². The fourth-order valence-electron chi connectivity index (χ4n) is 3.73. The monoisotopic (exact) mass is 321 g/mol. The van der Waals surface area contributed by atoms with E-state index < -0.39 is 0 Å². The lowest BCUT2D eigenvalue weighted by Gasteiger charge is -2.14. The largest absolute Gasteiger partial charge is 0.452 e. The van der Waals surface area contributed by atoms with Gasteiger partial charge in [0.05, 0.1) is 6.20 Å². The molecule has 1 heterocycles. The highest BCUT2D eigenvalue weighted by atomic mass is 16.3. The highest BCUT2D eigenvalue weighted by Crippen LogP contribution is 2.40. The molecule has 25 heavy (non-hydrogen) atoms. The number of benzene rings is 5. The molecule has 2 heteroatoms. The second-order valence-electron chi connectivity index (χ2n) is 6.09. The van der Waals surface area contributed by atoms with E-state index in [-0.39, 0.29) is 0 Å². The summed E-state index contributed by atoms with van der Waals surface area (Å²) in [6.45, 7) is 0. The molecule has 2 nitrogen and oxygen atoms in total. The van der Waals surface area contributed by atoms with Gasteiger partial charge in [0.15, 0.2) is 6.39 Å². The molecule has 0 radical (unpaired) electrons. The summed E-state index contributed by atoms with van der Waals surface area (Å²) in [6.07, 6.45) is 4.47. The molecule has 0 amide bonds. The fraction of sp³-hybridized carbons (Fsp3) is 0. The number of hydrogen-bond acceptors (Lipinski definition) is 2. The number of oxazole rings is 1. The van der Waals surface area contributed by atoms with Crippen molar-refractivity contribution in [1.82, 2.24) is 4.98 Å². The summed E-state index contributed by atoms with van der Waals surface area (Å²) in [5.74, 6) is 0. The molecule has 5 aromatic carbocycles. The van der Waals surface area contributed by atoms with Crippen LogP contribution in [0.5, 0.6) is 0 Å². The summed E-state index contributed by atoms with van der Waals surface area (Å²) >= 11 is 0. The molecule has 0 aliphatic carbocycles. The zero-order valence-electron chi connectivity index (χ0n) is 13.5. The lowest BCUT2D eigenvalue weighted by atomic mass is 9.89. The third kappa shape index (κ3) is 2.15. The van der Waals surface area contributed by atoms with Gasteiger partial charge in [0.1, 0.15) is 6.26 Å². The van der Waals surface area contributed by atoms with Crippen molar-refractivity contribution in [2.45, 2.75) is 0 Å². The lowest BCUT2D eigenvalue weighted by molar-refractivity contribution is 0.558. The highest BCUT2D eigenvalue weighted by molar-refractivity contribution is 6.33. The fourth-order valence-corrected chi connectivity index (χ4v) is 3.73. The Morgan fingerprint density at radius 1 is 0.560 bits per heavy atom. The molecule has 0 saturated heterocycles. The second kappa shape index (κ2) is 5.60. The molecule has 6 aromatic rings. The molecule has 6 rings (SSSR count). The Balaban J connectivity index is 0.000000244. The average Bonchev–Trinajstić information content (AvgIpc) is 3.27. The van der Waals surface area contributed by atoms with Gasteiger partial charge in [0.2, 0.25) is 0 Å². The van der Waals surface area contributed by atoms with Crippen LogP contribution in [0.2, 0.25) is 0 Å². The van der Waals surface area contributed by atoms with Gasteiger partial charge in [-0.25, -0.2) is 4.98 Å². The molecule has 0 N–H and O–H groups in total. The van der Waals surface area contributed by atoms with E-state index in [2.05, 4.69) is 82.2 Å². The smallest absolute Gasteiger partial charge is 0.180 e. The summed E-state index contributed by atoms with van der Waals surface area (Å²) in [5, 5.41) is 10.9. The standard InChI is InChI=1S/C20H12.C3H3NO/c1-2-8-16-15(7-1)17-9-3-5-13-11-12-14-6-4-10-18(16)20(14)19(13)17;1-2-5-3-4-1/h1-12H;1-3H. The van der Waals surface area contributed by atoms with E-state index in [4.69, 9.17) is 0 Å². The minimum absolute atomic E-state index is 1.33. The first-order chi connectivity index (χ1) is 12.4. The van der Waals surface area contributed by atoms with Crippen LogP contribution in [0.3, 0.4) is 0 Å². The maximum atomic E-state index is 4.47. The Kier molecular flexibility index (Phi) is 3.14. The van der Waals surface area contributed by atoms with Crippen molar-refractivity contribution >= 4 is 43.1 Å². The van der Waals surface area contributed by atoms with Crippen molar-refractivity contribution in [3.05, 3.63) is 91.7 Å². The van der Waals surface area contributed by atoms with Gasteiger partial charge in [-0.15, -0.1) is 0 Å². The van der Waals surface area contributed by atoms with Crippen LogP contribution in [0.4, 0.5) is 0 Å². The highest BCUT2D eigenvalue weighted by Gasteiger charge is 2.11. The van der Waals surface area contributed by atoms with Crippen molar-refractivity contribution in [2.75, 3.05) is 0 Å². The Bertz CT molecular complexity index is 1180. The maximum Gasteiger partial charge on any atom is 0.180 e. The van der Waals surface area contributed by atoms with Crippen molar-refractivity contribution < 1.29 is 4.42 Å². The number of nitrogens with zero attached hydrogens (tertiary/aromatic N) is 1. The minimum atomic E-state index is 1.33. The van der Waals surface area contributed by atoms with Crippen LogP contribution in [-0.4, -0.2) is 4.98 Å². The van der Waals surface area contributed by atoms with Crippen LogP contribution < -0.4 is 0 Å². The molecular formula is C23H15NO. The Labute approximate surface area is 144 Å². The van der Waals surface area contributed by atoms with Gasteiger partial charge in [0.25, 0.3) is 0 Å². The molecule has 0 unspecified atom stereocenters. The first kappa shape index (κ1) is 14.0. The van der Waals surface area contributed by atoms with Crippen molar-refractivity contribution in [1.29, 1.82) is 0 Å². The third-order valence-electron chi connectivity index (χ3n) is 4.74. The molecule has 0 saturated carbocycles. The molecule has 0 aliphatic heterocycles. The van der Waals surface area contributed by atoms with Gasteiger partial charge >= 0.3 is 0 Å². The lowest BCUT2D eigenvalue weighted by Crippen LogP contribution is -1.86. The van der Waals surface area contributed by atoms with Gasteiger partial charge in [-0.1, -0.05) is 72.8 Å². The van der Waals surface area contributed by atoms with Gasteiger partial charge in [-0.05, 0) is 43.1 Å². The topological polar surface area (TPSA) is 26.0 Å². The Hall–Kier alpha value is -3.39. The molecule has 0 bridgehead atoms. The van der Waals surface area contributed by atoms with E-state index in [0.29, 0.717) is 0 Å². The summed E-state index contributed by atoms with van der Waals surface area (Å²) in [7, 11) is 0. The van der Waals surface area contributed by atoms with Crippen LogP contribution in [0.15, 0.2) is 96.1 Å². The van der Waals surface area contributed by atoms with E-state index in [0.717, 1.165) is 0 Å². The van der Waals surface area contributed by atoms with Crippen LogP contribution >= 0.6 is 0 Å². The van der Waals surface area contributed by atoms with Gasteiger partial charge in [-0.3, -0.25) is 0 Å². The second-order valence-corrected chi connectivity index (χ2v) is 6.09. The Morgan fingerprint density at radius 2 is 1.12 bits per heavy atom. The Morgan fingerprint density at radius 3 is 1.56 bits per heavy atom. The maximum absolute atomic E-state index is 4.47. The van der Waals surface area contributed by atoms with E-state index in [1.807, 2.05) is 0 Å². The van der Waals surface area contributed by atoms with E-state index in [1.54, 1.807) is 6.20 Å². The third-order valence-corrected chi connectivity index (χ3v) is 4.74. The van der Waals surface area contributed by atoms with Crippen molar-refractivity contribution in [3.8, 4) is 0 Å². The molecule has 0 aliphatic rings. The molecule has 118 valence electrons. The summed E-state index contributed by atoms with van der Waals surface area (Å²) in [5.41, 5.74) is 0. The van der Waals surface area contributed by atoms with Gasteiger partial charge < -0.3 is 4.42 Å². The summed E-state index contributed by atoms with van der Waals surface area (Å²) in [4.78, 5) is 3.56. The summed E-state index contributed by atoms with van der Waals surface area (Å²) < 4.78 is 4.47. The van der Waals surface area contributed by atoms with Crippen molar-refractivity contribution in [3.63, 3.8) is 0 Å². The molecular weight excluding hydrogens is 306 g/mol. The van der Waals surface area contributed by atoms with E-state index >= 15 is 0 Å². The normalized spacial score (nSPS) is 11.2.